The molecule has 33 heavy (non-hydrogen) atoms. The van der Waals surface area contributed by atoms with Crippen molar-refractivity contribution in [1.82, 2.24) is 15.3 Å². The minimum atomic E-state index is -1.57. The predicted molar refractivity (Wildman–Crippen MR) is 126 cm³/mol. The van der Waals surface area contributed by atoms with Gasteiger partial charge in [0.25, 0.3) is 0 Å². The van der Waals surface area contributed by atoms with Gasteiger partial charge >= 0.3 is 14.5 Å². The van der Waals surface area contributed by atoms with Crippen LogP contribution in [-0.4, -0.2) is 68.2 Å². The number of esters is 1. The summed E-state index contributed by atoms with van der Waals surface area (Å²) < 4.78 is 23.1. The van der Waals surface area contributed by atoms with Crippen LogP contribution in [0.1, 0.15) is 26.7 Å². The monoisotopic (exact) mass is 480 g/mol. The number of benzene rings is 1. The fourth-order valence-corrected chi connectivity index (χ4v) is 4.08. The maximum Gasteiger partial charge on any atom is 0.320 e. The smallest absolute Gasteiger partial charge is 0.320 e. The summed E-state index contributed by atoms with van der Waals surface area (Å²) in [5.74, 6) is 0.288. The van der Waals surface area contributed by atoms with E-state index in [-0.39, 0.29) is 36.7 Å². The fraction of sp³-hybridized carbons (Fsp3) is 0.500. The highest BCUT2D eigenvalue weighted by molar-refractivity contribution is 7.45. The lowest BCUT2D eigenvalue weighted by Crippen LogP contribution is -2.28. The van der Waals surface area contributed by atoms with Crippen LogP contribution in [0, 0.1) is 5.41 Å². The fourth-order valence-electron chi connectivity index (χ4n) is 3.00. The lowest BCUT2D eigenvalue weighted by molar-refractivity contribution is -0.145. The molecule has 1 aromatic rings. The van der Waals surface area contributed by atoms with E-state index in [0.29, 0.717) is 25.3 Å². The van der Waals surface area contributed by atoms with Gasteiger partial charge in [0.15, 0.2) is 0 Å². The number of rotatable bonds is 14. The Hall–Kier alpha value is -2.52. The first-order valence-corrected chi connectivity index (χ1v) is 11.9. The molecular formula is C22H33N4O6P. The molecule has 3 N–H and O–H groups in total. The van der Waals surface area contributed by atoms with E-state index in [9.17, 15) is 9.59 Å². The Morgan fingerprint density at radius 1 is 1.30 bits per heavy atom. The molecular weight excluding hydrogens is 447 g/mol. The van der Waals surface area contributed by atoms with Crippen LogP contribution in [0.3, 0.4) is 0 Å². The highest BCUT2D eigenvalue weighted by atomic mass is 31.2. The van der Waals surface area contributed by atoms with E-state index in [1.54, 1.807) is 20.0 Å². The Balaban J connectivity index is 1.80. The second-order valence-electron chi connectivity index (χ2n) is 7.72. The number of ether oxygens (including phenoxy) is 2. The number of amides is 1. The van der Waals surface area contributed by atoms with Crippen molar-refractivity contribution in [2.45, 2.75) is 45.0 Å². The van der Waals surface area contributed by atoms with Crippen LogP contribution in [-0.2, 0) is 23.6 Å². The summed E-state index contributed by atoms with van der Waals surface area (Å²) in [5.41, 5.74) is 0. The largest absolute Gasteiger partial charge is 0.462 e. The molecule has 1 fully saturated rings. The Bertz CT molecular complexity index is 779. The van der Waals surface area contributed by atoms with Crippen molar-refractivity contribution in [3.8, 4) is 5.75 Å². The lowest BCUT2D eigenvalue weighted by Gasteiger charge is -2.22. The number of likely N-dealkylation sites (N-methyl/N-ethyl adjacent to an activating group) is 1. The van der Waals surface area contributed by atoms with Gasteiger partial charge in [-0.2, -0.15) is 0 Å². The summed E-state index contributed by atoms with van der Waals surface area (Å²) in [5, 5.41) is 12.8. The van der Waals surface area contributed by atoms with Gasteiger partial charge in [-0.15, -0.1) is 0 Å². The van der Waals surface area contributed by atoms with E-state index in [1.807, 2.05) is 42.3 Å². The average molecular weight is 481 g/mol. The third-order valence-corrected chi connectivity index (χ3v) is 5.60. The normalized spacial score (nSPS) is 18.8. The van der Waals surface area contributed by atoms with Crippen LogP contribution in [0.25, 0.3) is 0 Å². The van der Waals surface area contributed by atoms with E-state index in [1.165, 1.54) is 6.08 Å². The van der Waals surface area contributed by atoms with Crippen LogP contribution in [0.15, 0.2) is 42.6 Å². The van der Waals surface area contributed by atoms with Gasteiger partial charge in [0.2, 0.25) is 6.41 Å². The number of amidine groups is 1. The van der Waals surface area contributed by atoms with E-state index in [0.717, 1.165) is 12.8 Å². The summed E-state index contributed by atoms with van der Waals surface area (Å²) in [6, 6.07) is 9.26. The Labute approximate surface area is 196 Å². The van der Waals surface area contributed by atoms with Gasteiger partial charge in [0.1, 0.15) is 18.1 Å². The van der Waals surface area contributed by atoms with Gasteiger partial charge in [0, 0.05) is 19.8 Å². The van der Waals surface area contributed by atoms with E-state index >= 15 is 0 Å². The number of nitrogens with zero attached hydrogens (tertiary/aromatic N) is 1. The number of nitrogens with one attached hydrogen (secondary N) is 3. The third-order valence-electron chi connectivity index (χ3n) is 4.43. The Morgan fingerprint density at radius 3 is 2.73 bits per heavy atom. The van der Waals surface area contributed by atoms with Gasteiger partial charge in [-0.1, -0.05) is 18.2 Å². The van der Waals surface area contributed by atoms with Crippen LogP contribution in [0.2, 0.25) is 0 Å². The third kappa shape index (κ3) is 11.3. The molecule has 3 atom stereocenters. The first-order chi connectivity index (χ1) is 15.9. The quantitative estimate of drug-likeness (QED) is 0.122. The molecule has 1 saturated heterocycles. The molecule has 0 aromatic heterocycles. The molecule has 0 aliphatic carbocycles. The molecule has 1 aliphatic rings. The summed E-state index contributed by atoms with van der Waals surface area (Å²) >= 11 is 0. The zero-order chi connectivity index (χ0) is 24.1. The second kappa shape index (κ2) is 14.6. The standard InChI is InChI=1S/C22H33N4O6P/c1-17(2)30-22(28)13-25-33(32-18-7-5-4-6-8-18)29-15-20-10-9-19(31-20)14-26(3)12-11-21(23)24-16-27/h4-8,11-12,16-17,19-20,25H,9-10,13-15H2,1-3H3,(H2,23,24,27)/b12-11-. The van der Waals surface area contributed by atoms with Crippen LogP contribution >= 0.6 is 8.53 Å². The Morgan fingerprint density at radius 2 is 2.03 bits per heavy atom. The maximum atomic E-state index is 11.9. The first kappa shape index (κ1) is 26.7. The first-order valence-electron chi connectivity index (χ1n) is 10.8. The van der Waals surface area contributed by atoms with Crippen molar-refractivity contribution >= 4 is 26.7 Å². The van der Waals surface area contributed by atoms with Crippen LogP contribution < -0.4 is 14.9 Å². The second-order valence-corrected chi connectivity index (χ2v) is 8.99. The SMILES string of the molecule is CC(C)OC(=O)CNP(OCC1CCC(CN(C)/C=C\C(=N)NC=O)O1)Oc1ccccc1. The topological polar surface area (TPSA) is 122 Å². The van der Waals surface area contributed by atoms with Crippen LogP contribution in [0.4, 0.5) is 0 Å². The molecule has 0 bridgehead atoms. The van der Waals surface area contributed by atoms with Crippen molar-refractivity contribution in [3.63, 3.8) is 0 Å². The van der Waals surface area contributed by atoms with Crippen molar-refractivity contribution in [2.75, 3.05) is 26.7 Å². The molecule has 1 aromatic carbocycles. The number of hydrogen-bond acceptors (Lipinski definition) is 9. The number of carbonyl (C=O) groups is 2. The molecule has 182 valence electrons. The highest BCUT2D eigenvalue weighted by Crippen LogP contribution is 2.36. The molecule has 0 radical (unpaired) electrons. The van der Waals surface area contributed by atoms with Crippen molar-refractivity contribution in [3.05, 3.63) is 42.6 Å². The lowest BCUT2D eigenvalue weighted by atomic mass is 10.2. The van der Waals surface area contributed by atoms with Gasteiger partial charge in [-0.3, -0.25) is 15.0 Å². The maximum absolute atomic E-state index is 11.9. The zero-order valence-corrected chi connectivity index (χ0v) is 20.1. The summed E-state index contributed by atoms with van der Waals surface area (Å²) in [6.07, 6.45) is 5.16. The molecule has 0 saturated carbocycles. The van der Waals surface area contributed by atoms with E-state index < -0.39 is 8.53 Å². The van der Waals surface area contributed by atoms with E-state index in [4.69, 9.17) is 23.9 Å². The summed E-state index contributed by atoms with van der Waals surface area (Å²) in [7, 11) is 0.310. The van der Waals surface area contributed by atoms with Crippen molar-refractivity contribution < 1.29 is 28.1 Å². The number of hydrogen-bond donors (Lipinski definition) is 3. The number of carbonyl (C=O) groups excluding carboxylic acids is 2. The molecule has 0 spiro atoms. The van der Waals surface area contributed by atoms with Gasteiger partial charge in [-0.25, -0.2) is 5.09 Å². The molecule has 2 rings (SSSR count). The van der Waals surface area contributed by atoms with Crippen molar-refractivity contribution in [2.24, 2.45) is 0 Å². The number of para-hydroxylation sites is 1. The molecule has 1 heterocycles. The molecule has 1 aliphatic heterocycles. The minimum absolute atomic E-state index is 0.0179. The molecule has 1 amide bonds. The molecule has 11 heteroatoms. The average Bonchev–Trinajstić information content (AvgIpc) is 3.22. The predicted octanol–water partition coefficient (Wildman–Crippen LogP) is 2.57. The van der Waals surface area contributed by atoms with Crippen molar-refractivity contribution in [1.29, 1.82) is 5.41 Å². The van der Waals surface area contributed by atoms with Gasteiger partial charge in [-0.05, 0) is 44.9 Å². The molecule has 10 nitrogen and oxygen atoms in total. The summed E-state index contributed by atoms with van der Waals surface area (Å²) in [4.78, 5) is 24.1. The molecule has 3 unspecified atom stereocenters. The minimum Gasteiger partial charge on any atom is -0.462 e. The highest BCUT2D eigenvalue weighted by Gasteiger charge is 2.28. The van der Waals surface area contributed by atoms with Gasteiger partial charge in [0.05, 0.1) is 24.9 Å². The van der Waals surface area contributed by atoms with E-state index in [2.05, 4.69) is 10.4 Å². The summed E-state index contributed by atoms with van der Waals surface area (Å²) in [6.45, 7) is 4.55. The van der Waals surface area contributed by atoms with Crippen LogP contribution in [0.5, 0.6) is 5.75 Å². The van der Waals surface area contributed by atoms with Gasteiger partial charge < -0.3 is 28.7 Å². The zero-order valence-electron chi connectivity index (χ0n) is 19.2. The Kier molecular flexibility index (Phi) is 11.8.